The molecule has 1 amide bonds. The second-order valence-electron chi connectivity index (χ2n) is 10.0. The number of hydrogen-bond donors (Lipinski definition) is 1. The van der Waals surface area contributed by atoms with E-state index in [1.54, 1.807) is 18.2 Å². The first kappa shape index (κ1) is 27.9. The zero-order valence-corrected chi connectivity index (χ0v) is 23.0. The molecule has 1 heterocycles. The fraction of sp³-hybridized carbons (Fsp3) is 0.312. The minimum absolute atomic E-state index is 0.190. The lowest BCUT2D eigenvalue weighted by Crippen LogP contribution is -2.22. The van der Waals surface area contributed by atoms with E-state index in [1.807, 2.05) is 55.4 Å². The number of carbonyl (C=O) groups excluding carboxylic acids is 3. The highest BCUT2D eigenvalue weighted by atomic mass is 16.5. The van der Waals surface area contributed by atoms with Crippen LogP contribution in [0.25, 0.3) is 0 Å². The summed E-state index contributed by atoms with van der Waals surface area (Å²) in [5.41, 5.74) is 6.39. The molecule has 1 aliphatic heterocycles. The standard InChI is InChI=1S/C32H35N3O4/c1-5-21-18-25(16-14-22(21)12-9-13-26(36)20-35(2)3)33-30(23-10-7-6-8-11-23)29-27-17-15-24(32(38)39-4)19-28(27)34-31(29)37/h6-8,10-11,14-19,29H,5,9,12-13,20H2,1-4H3,(H,34,37). The van der Waals surface area contributed by atoms with E-state index in [0.29, 0.717) is 29.9 Å². The summed E-state index contributed by atoms with van der Waals surface area (Å²) in [6.07, 6.45) is 3.05. The van der Waals surface area contributed by atoms with Gasteiger partial charge in [-0.3, -0.25) is 14.6 Å². The Bertz CT molecular complexity index is 1400. The third kappa shape index (κ3) is 6.67. The van der Waals surface area contributed by atoms with Gasteiger partial charge in [0.25, 0.3) is 0 Å². The van der Waals surface area contributed by atoms with Crippen LogP contribution < -0.4 is 5.32 Å². The van der Waals surface area contributed by atoms with Gasteiger partial charge < -0.3 is 15.0 Å². The number of fused-ring (bicyclic) bond motifs is 1. The van der Waals surface area contributed by atoms with Crippen molar-refractivity contribution in [3.8, 4) is 0 Å². The minimum atomic E-state index is -0.624. The number of carbonyl (C=O) groups is 3. The Morgan fingerprint density at radius 1 is 0.974 bits per heavy atom. The van der Waals surface area contributed by atoms with Crippen LogP contribution in [-0.4, -0.2) is 56.0 Å². The van der Waals surface area contributed by atoms with Crippen LogP contribution in [0.15, 0.2) is 71.7 Å². The molecule has 0 radical (unpaired) electrons. The predicted octanol–water partition coefficient (Wildman–Crippen LogP) is 5.35. The number of benzene rings is 3. The molecule has 7 heteroatoms. The zero-order valence-electron chi connectivity index (χ0n) is 23.0. The maximum atomic E-state index is 13.3. The average Bonchev–Trinajstić information content (AvgIpc) is 3.26. The molecule has 0 spiro atoms. The van der Waals surface area contributed by atoms with Crippen molar-refractivity contribution in [2.75, 3.05) is 33.1 Å². The van der Waals surface area contributed by atoms with Crippen LogP contribution in [0.4, 0.5) is 11.4 Å². The molecular formula is C32H35N3O4. The Balaban J connectivity index is 1.66. The lowest BCUT2D eigenvalue weighted by Gasteiger charge is -2.15. The molecule has 3 aromatic rings. The predicted molar refractivity (Wildman–Crippen MR) is 154 cm³/mol. The summed E-state index contributed by atoms with van der Waals surface area (Å²) in [4.78, 5) is 44.3. The maximum absolute atomic E-state index is 13.3. The van der Waals surface area contributed by atoms with Gasteiger partial charge in [-0.15, -0.1) is 0 Å². The highest BCUT2D eigenvalue weighted by Gasteiger charge is 2.36. The molecule has 0 saturated carbocycles. The number of likely N-dealkylation sites (N-methyl/N-ethyl adjacent to an activating group) is 1. The van der Waals surface area contributed by atoms with Crippen LogP contribution in [0.1, 0.15) is 58.3 Å². The summed E-state index contributed by atoms with van der Waals surface area (Å²) in [7, 11) is 5.14. The number of hydrogen-bond acceptors (Lipinski definition) is 6. The van der Waals surface area contributed by atoms with Gasteiger partial charge in [0, 0.05) is 12.1 Å². The molecule has 7 nitrogen and oxygen atoms in total. The summed E-state index contributed by atoms with van der Waals surface area (Å²) < 4.78 is 4.83. The number of aryl methyl sites for hydroxylation is 2. The number of anilines is 1. The second-order valence-corrected chi connectivity index (χ2v) is 10.0. The summed E-state index contributed by atoms with van der Waals surface area (Å²) in [5.74, 6) is -1.02. The van der Waals surface area contributed by atoms with Gasteiger partial charge in [-0.2, -0.15) is 0 Å². The van der Waals surface area contributed by atoms with Crippen LogP contribution in [0.5, 0.6) is 0 Å². The van der Waals surface area contributed by atoms with Crippen LogP contribution in [0.3, 0.4) is 0 Å². The van der Waals surface area contributed by atoms with E-state index >= 15 is 0 Å². The smallest absolute Gasteiger partial charge is 0.337 e. The molecule has 202 valence electrons. The van der Waals surface area contributed by atoms with Crippen LogP contribution in [-0.2, 0) is 27.2 Å². The number of methoxy groups -OCH3 is 1. The van der Waals surface area contributed by atoms with Crippen molar-refractivity contribution < 1.29 is 19.1 Å². The van der Waals surface area contributed by atoms with Crippen molar-refractivity contribution in [2.45, 2.75) is 38.5 Å². The molecule has 1 aliphatic rings. The van der Waals surface area contributed by atoms with Crippen molar-refractivity contribution in [1.82, 2.24) is 4.90 Å². The zero-order chi connectivity index (χ0) is 27.9. The monoisotopic (exact) mass is 525 g/mol. The van der Waals surface area contributed by atoms with Gasteiger partial charge >= 0.3 is 5.97 Å². The number of nitrogens with one attached hydrogen (secondary N) is 1. The van der Waals surface area contributed by atoms with Crippen molar-refractivity contribution in [3.63, 3.8) is 0 Å². The molecule has 0 bridgehead atoms. The van der Waals surface area contributed by atoms with Gasteiger partial charge in [0.1, 0.15) is 11.7 Å². The Morgan fingerprint density at radius 3 is 2.44 bits per heavy atom. The third-order valence-corrected chi connectivity index (χ3v) is 6.86. The number of ketones is 1. The first-order valence-corrected chi connectivity index (χ1v) is 13.3. The SMILES string of the molecule is CCc1cc(N=C(c2ccccc2)C2C(=O)Nc3cc(C(=O)OC)ccc32)ccc1CCCC(=O)CN(C)C. The van der Waals surface area contributed by atoms with E-state index in [-0.39, 0.29) is 11.7 Å². The molecular weight excluding hydrogens is 490 g/mol. The van der Waals surface area contributed by atoms with E-state index in [4.69, 9.17) is 9.73 Å². The van der Waals surface area contributed by atoms with E-state index in [2.05, 4.69) is 24.4 Å². The summed E-state index contributed by atoms with van der Waals surface area (Å²) in [6.45, 7) is 2.58. The molecule has 0 fully saturated rings. The van der Waals surface area contributed by atoms with E-state index in [0.717, 1.165) is 36.1 Å². The molecule has 0 aromatic heterocycles. The molecule has 1 N–H and O–H groups in total. The number of nitrogens with zero attached hydrogens (tertiary/aromatic N) is 2. The van der Waals surface area contributed by atoms with Crippen LogP contribution >= 0.6 is 0 Å². The lowest BCUT2D eigenvalue weighted by atomic mass is 9.90. The van der Waals surface area contributed by atoms with Crippen LogP contribution in [0, 0.1) is 0 Å². The van der Waals surface area contributed by atoms with Crippen molar-refractivity contribution >= 4 is 34.7 Å². The molecule has 1 unspecified atom stereocenters. The summed E-state index contributed by atoms with van der Waals surface area (Å²) >= 11 is 0. The molecule has 3 aromatic carbocycles. The summed E-state index contributed by atoms with van der Waals surface area (Å²) in [5, 5.41) is 2.92. The highest BCUT2D eigenvalue weighted by Crippen LogP contribution is 2.37. The normalized spacial score (nSPS) is 14.7. The average molecular weight is 526 g/mol. The van der Waals surface area contributed by atoms with Gasteiger partial charge in [0.15, 0.2) is 0 Å². The number of ether oxygens (including phenoxy) is 1. The van der Waals surface area contributed by atoms with Crippen molar-refractivity contribution in [3.05, 3.63) is 94.5 Å². The van der Waals surface area contributed by atoms with Crippen molar-refractivity contribution in [2.24, 2.45) is 4.99 Å². The Labute approximate surface area is 229 Å². The van der Waals surface area contributed by atoms with Crippen molar-refractivity contribution in [1.29, 1.82) is 0 Å². The number of rotatable bonds is 11. The Kier molecular flexibility index (Phi) is 9.04. The van der Waals surface area contributed by atoms with E-state index in [9.17, 15) is 14.4 Å². The summed E-state index contributed by atoms with van der Waals surface area (Å²) in [6, 6.07) is 20.9. The largest absolute Gasteiger partial charge is 0.465 e. The first-order chi connectivity index (χ1) is 18.8. The number of aliphatic imine (C=N–C) groups is 1. The second kappa shape index (κ2) is 12.6. The topological polar surface area (TPSA) is 88.1 Å². The molecule has 39 heavy (non-hydrogen) atoms. The maximum Gasteiger partial charge on any atom is 0.337 e. The van der Waals surface area contributed by atoms with Crippen LogP contribution in [0.2, 0.25) is 0 Å². The van der Waals surface area contributed by atoms with Gasteiger partial charge in [-0.05, 0) is 79.9 Å². The van der Waals surface area contributed by atoms with E-state index in [1.165, 1.54) is 18.2 Å². The molecule has 0 aliphatic carbocycles. The number of esters is 1. The fourth-order valence-corrected chi connectivity index (χ4v) is 4.99. The number of Topliss-reactive ketones (excluding diaryl/α,β-unsaturated/α-hetero) is 1. The molecule has 4 rings (SSSR count). The lowest BCUT2D eigenvalue weighted by molar-refractivity contribution is -0.119. The molecule has 1 atom stereocenters. The first-order valence-electron chi connectivity index (χ1n) is 13.3. The third-order valence-electron chi connectivity index (χ3n) is 6.86. The minimum Gasteiger partial charge on any atom is -0.465 e. The van der Waals surface area contributed by atoms with Gasteiger partial charge in [0.05, 0.1) is 30.6 Å². The molecule has 0 saturated heterocycles. The van der Waals surface area contributed by atoms with Gasteiger partial charge in [-0.1, -0.05) is 49.4 Å². The quantitative estimate of drug-likeness (QED) is 0.270. The van der Waals surface area contributed by atoms with E-state index < -0.39 is 11.9 Å². The number of amides is 1. The highest BCUT2D eigenvalue weighted by molar-refractivity contribution is 6.24. The van der Waals surface area contributed by atoms with Gasteiger partial charge in [-0.25, -0.2) is 4.79 Å². The Morgan fingerprint density at radius 2 is 1.74 bits per heavy atom. The fourth-order valence-electron chi connectivity index (χ4n) is 4.99. The Hall–Kier alpha value is -4.10. The van der Waals surface area contributed by atoms with Gasteiger partial charge in [0.2, 0.25) is 5.91 Å².